The smallest absolute Gasteiger partial charge is 0.279 e. The number of halogens is 1. The van der Waals surface area contributed by atoms with Gasteiger partial charge in [-0.2, -0.15) is 0 Å². The van der Waals surface area contributed by atoms with Crippen molar-refractivity contribution in [2.45, 2.75) is 13.0 Å². The average Bonchev–Trinajstić information content (AvgIpc) is 2.71. The Labute approximate surface area is 162 Å². The summed E-state index contributed by atoms with van der Waals surface area (Å²) in [5, 5.41) is 0. The third-order valence-corrected chi connectivity index (χ3v) is 3.62. The van der Waals surface area contributed by atoms with Gasteiger partial charge in [0.1, 0.15) is 11.5 Å². The summed E-state index contributed by atoms with van der Waals surface area (Å²) in [4.78, 5) is 23.9. The maximum absolute atomic E-state index is 13.5. The van der Waals surface area contributed by atoms with E-state index in [9.17, 15) is 14.0 Å². The van der Waals surface area contributed by atoms with Gasteiger partial charge in [0, 0.05) is 12.1 Å². The molecular formula is C20H21FN2O5. The number of methoxy groups -OCH3 is 2. The van der Waals surface area contributed by atoms with Crippen LogP contribution in [0.5, 0.6) is 17.2 Å². The number of para-hydroxylation sites is 1. The van der Waals surface area contributed by atoms with E-state index in [1.54, 1.807) is 24.3 Å². The van der Waals surface area contributed by atoms with Gasteiger partial charge in [-0.15, -0.1) is 0 Å². The highest BCUT2D eigenvalue weighted by Gasteiger charge is 2.16. The van der Waals surface area contributed by atoms with E-state index >= 15 is 0 Å². The third kappa shape index (κ3) is 6.01. The van der Waals surface area contributed by atoms with Crippen LogP contribution in [0.4, 0.5) is 4.39 Å². The summed E-state index contributed by atoms with van der Waals surface area (Å²) in [5.41, 5.74) is 5.12. The lowest BCUT2D eigenvalue weighted by Crippen LogP contribution is -2.46. The molecule has 28 heavy (non-hydrogen) atoms. The Morgan fingerprint density at radius 2 is 1.68 bits per heavy atom. The fourth-order valence-corrected chi connectivity index (χ4v) is 2.15. The topological polar surface area (TPSA) is 85.9 Å². The molecule has 7 nitrogen and oxygen atoms in total. The number of ether oxygens (including phenoxy) is 3. The molecule has 148 valence electrons. The fourth-order valence-electron chi connectivity index (χ4n) is 2.15. The predicted octanol–water partition coefficient (Wildman–Crippen LogP) is 2.47. The molecule has 1 atom stereocenters. The number of amides is 2. The normalized spacial score (nSPS) is 11.6. The number of rotatable bonds is 7. The Bertz CT molecular complexity index is 847. The Morgan fingerprint density at radius 3 is 2.29 bits per heavy atom. The zero-order chi connectivity index (χ0) is 20.5. The molecule has 2 rings (SSSR count). The predicted molar refractivity (Wildman–Crippen MR) is 101 cm³/mol. The Balaban J connectivity index is 1.88. The van der Waals surface area contributed by atoms with Crippen molar-refractivity contribution in [2.75, 3.05) is 14.2 Å². The minimum atomic E-state index is -1.01. The van der Waals surface area contributed by atoms with E-state index in [2.05, 4.69) is 10.9 Å². The number of hydrogen-bond acceptors (Lipinski definition) is 5. The number of nitrogens with one attached hydrogen (secondary N) is 2. The molecule has 2 amide bonds. The molecule has 0 aromatic heterocycles. The monoisotopic (exact) mass is 388 g/mol. The van der Waals surface area contributed by atoms with Crippen molar-refractivity contribution in [3.05, 3.63) is 59.9 Å². The van der Waals surface area contributed by atoms with Gasteiger partial charge in [-0.05, 0) is 42.8 Å². The van der Waals surface area contributed by atoms with E-state index in [1.165, 1.54) is 51.5 Å². The van der Waals surface area contributed by atoms with E-state index in [0.717, 1.165) is 0 Å². The van der Waals surface area contributed by atoms with Crippen LogP contribution < -0.4 is 25.1 Å². The molecule has 8 heteroatoms. The zero-order valence-corrected chi connectivity index (χ0v) is 15.7. The van der Waals surface area contributed by atoms with Crippen LogP contribution in [0, 0.1) is 5.82 Å². The van der Waals surface area contributed by atoms with E-state index in [4.69, 9.17) is 14.2 Å². The lowest BCUT2D eigenvalue weighted by molar-refractivity contribution is -0.131. The van der Waals surface area contributed by atoms with Crippen LogP contribution in [0.1, 0.15) is 12.5 Å². The molecule has 0 saturated carbocycles. The lowest BCUT2D eigenvalue weighted by Gasteiger charge is -2.15. The number of carbonyl (C=O) groups excluding carboxylic acids is 2. The van der Waals surface area contributed by atoms with Gasteiger partial charge >= 0.3 is 0 Å². The summed E-state index contributed by atoms with van der Waals surface area (Å²) in [6.07, 6.45) is 1.76. The number of hydrogen-bond donors (Lipinski definition) is 2. The molecule has 0 aliphatic carbocycles. The van der Waals surface area contributed by atoms with Crippen LogP contribution in [0.2, 0.25) is 0 Å². The molecule has 0 bridgehead atoms. The second-order valence-corrected chi connectivity index (χ2v) is 5.65. The molecule has 0 saturated heterocycles. The third-order valence-electron chi connectivity index (χ3n) is 3.62. The van der Waals surface area contributed by atoms with Crippen molar-refractivity contribution in [1.82, 2.24) is 10.9 Å². The minimum absolute atomic E-state index is 0.0525. The fraction of sp³-hybridized carbons (Fsp3) is 0.200. The Kier molecular flexibility index (Phi) is 7.38. The number of benzene rings is 2. The molecule has 0 fully saturated rings. The first-order valence-corrected chi connectivity index (χ1v) is 8.35. The number of hydrazine groups is 1. The van der Waals surface area contributed by atoms with Gasteiger partial charge in [0.05, 0.1) is 14.2 Å². The molecule has 2 aromatic rings. The molecule has 0 radical (unpaired) electrons. The van der Waals surface area contributed by atoms with Crippen molar-refractivity contribution >= 4 is 17.9 Å². The minimum Gasteiger partial charge on any atom is -0.497 e. The molecule has 0 aliphatic heterocycles. The lowest BCUT2D eigenvalue weighted by atomic mass is 10.2. The number of carbonyl (C=O) groups is 2. The maximum atomic E-state index is 13.5. The largest absolute Gasteiger partial charge is 0.497 e. The van der Waals surface area contributed by atoms with Gasteiger partial charge in [-0.1, -0.05) is 12.1 Å². The standard InChI is InChI=1S/C20H21FN2O5/c1-13(28-18-7-5-4-6-17(18)21)20(25)23-22-19(24)9-8-14-10-15(26-2)12-16(11-14)27-3/h4-13H,1-3H3,(H,22,24)(H,23,25). The summed E-state index contributed by atoms with van der Waals surface area (Å²) in [7, 11) is 3.05. The highest BCUT2D eigenvalue weighted by atomic mass is 19.1. The molecule has 0 aliphatic rings. The van der Waals surface area contributed by atoms with Gasteiger partial charge in [0.25, 0.3) is 11.8 Å². The van der Waals surface area contributed by atoms with Crippen molar-refractivity contribution in [1.29, 1.82) is 0 Å². The van der Waals surface area contributed by atoms with Gasteiger partial charge in [0.2, 0.25) is 0 Å². The molecule has 1 unspecified atom stereocenters. The SMILES string of the molecule is COc1cc(C=CC(=O)NNC(=O)C(C)Oc2ccccc2F)cc(OC)c1. The second kappa shape index (κ2) is 9.96. The Hall–Kier alpha value is -3.55. The Morgan fingerprint density at radius 1 is 1.04 bits per heavy atom. The van der Waals surface area contributed by atoms with Crippen LogP contribution in [0.25, 0.3) is 6.08 Å². The van der Waals surface area contributed by atoms with E-state index in [-0.39, 0.29) is 5.75 Å². The maximum Gasteiger partial charge on any atom is 0.279 e. The van der Waals surface area contributed by atoms with Gasteiger partial charge in [0.15, 0.2) is 17.7 Å². The van der Waals surface area contributed by atoms with Crippen molar-refractivity contribution in [3.63, 3.8) is 0 Å². The van der Waals surface area contributed by atoms with E-state index in [1.807, 2.05) is 0 Å². The van der Waals surface area contributed by atoms with Crippen LogP contribution in [0.3, 0.4) is 0 Å². The summed E-state index contributed by atoms with van der Waals surface area (Å²) in [6, 6.07) is 10.9. The van der Waals surface area contributed by atoms with E-state index < -0.39 is 23.7 Å². The van der Waals surface area contributed by atoms with E-state index in [0.29, 0.717) is 17.1 Å². The second-order valence-electron chi connectivity index (χ2n) is 5.65. The first-order chi connectivity index (χ1) is 13.4. The summed E-state index contributed by atoms with van der Waals surface area (Å²) >= 11 is 0. The molecule has 2 N–H and O–H groups in total. The highest BCUT2D eigenvalue weighted by Crippen LogP contribution is 2.23. The first kappa shape index (κ1) is 20.8. The summed E-state index contributed by atoms with van der Waals surface area (Å²) in [5.74, 6) is -0.675. The van der Waals surface area contributed by atoms with Crippen LogP contribution in [0.15, 0.2) is 48.5 Å². The van der Waals surface area contributed by atoms with Gasteiger partial charge in [-0.3, -0.25) is 20.4 Å². The quantitative estimate of drug-likeness (QED) is 0.562. The highest BCUT2D eigenvalue weighted by molar-refractivity contribution is 5.93. The van der Waals surface area contributed by atoms with Crippen LogP contribution in [-0.4, -0.2) is 32.1 Å². The first-order valence-electron chi connectivity index (χ1n) is 8.35. The summed E-state index contributed by atoms with van der Waals surface area (Å²) in [6.45, 7) is 1.44. The van der Waals surface area contributed by atoms with Gasteiger partial charge in [-0.25, -0.2) is 4.39 Å². The van der Waals surface area contributed by atoms with Gasteiger partial charge < -0.3 is 14.2 Å². The van der Waals surface area contributed by atoms with Crippen LogP contribution >= 0.6 is 0 Å². The molecule has 0 spiro atoms. The average molecular weight is 388 g/mol. The molecule has 0 heterocycles. The van der Waals surface area contributed by atoms with Crippen molar-refractivity contribution in [2.24, 2.45) is 0 Å². The molecule has 2 aromatic carbocycles. The zero-order valence-electron chi connectivity index (χ0n) is 15.7. The van der Waals surface area contributed by atoms with Crippen molar-refractivity contribution < 1.29 is 28.2 Å². The van der Waals surface area contributed by atoms with Crippen molar-refractivity contribution in [3.8, 4) is 17.2 Å². The van der Waals surface area contributed by atoms with Crippen LogP contribution in [-0.2, 0) is 9.59 Å². The summed E-state index contributed by atoms with van der Waals surface area (Å²) < 4.78 is 29.1. The molecular weight excluding hydrogens is 367 g/mol.